The lowest BCUT2D eigenvalue weighted by molar-refractivity contribution is 0.0231. The van der Waals surface area contributed by atoms with Gasteiger partial charge in [0, 0.05) is 0 Å². The van der Waals surface area contributed by atoms with E-state index in [4.69, 9.17) is 14.6 Å². The second kappa shape index (κ2) is 13.2. The summed E-state index contributed by atoms with van der Waals surface area (Å²) in [7, 11) is 0. The largest absolute Gasteiger partial charge is 0.508 e. The van der Waals surface area contributed by atoms with Gasteiger partial charge in [-0.1, -0.05) is 52.4 Å². The molecule has 0 bridgehead atoms. The van der Waals surface area contributed by atoms with Gasteiger partial charge >= 0.3 is 6.16 Å². The van der Waals surface area contributed by atoms with Gasteiger partial charge in [-0.3, -0.25) is 0 Å². The summed E-state index contributed by atoms with van der Waals surface area (Å²) in [5.74, 6) is 0.758. The van der Waals surface area contributed by atoms with Crippen LogP contribution in [-0.4, -0.2) is 30.6 Å². The van der Waals surface area contributed by atoms with Crippen LogP contribution in [0, 0.1) is 5.92 Å². The molecule has 0 rings (SSSR count). The van der Waals surface area contributed by atoms with Crippen LogP contribution < -0.4 is 0 Å². The van der Waals surface area contributed by atoms with Crippen molar-refractivity contribution < 1.29 is 19.4 Å². The van der Waals surface area contributed by atoms with E-state index < -0.39 is 12.3 Å². The summed E-state index contributed by atoms with van der Waals surface area (Å²) < 4.78 is 9.61. The molecule has 0 radical (unpaired) electrons. The zero-order valence-corrected chi connectivity index (χ0v) is 13.4. The lowest BCUT2D eigenvalue weighted by atomic mass is 9.97. The number of hydrogen-bond acceptors (Lipinski definition) is 4. The van der Waals surface area contributed by atoms with Gasteiger partial charge in [-0.2, -0.15) is 0 Å². The second-order valence-corrected chi connectivity index (χ2v) is 5.71. The van der Waals surface area contributed by atoms with Crippen LogP contribution in [0.5, 0.6) is 0 Å². The second-order valence-electron chi connectivity index (χ2n) is 5.71. The highest BCUT2D eigenvalue weighted by Crippen LogP contribution is 2.16. The SMILES string of the molecule is CCCCCCC(C)CCCCOC(=O)OCC(C)O. The summed E-state index contributed by atoms with van der Waals surface area (Å²) >= 11 is 0. The summed E-state index contributed by atoms with van der Waals surface area (Å²) in [6.07, 6.45) is 8.44. The molecule has 0 aliphatic rings. The lowest BCUT2D eigenvalue weighted by Gasteiger charge is -2.11. The predicted octanol–water partition coefficient (Wildman–Crippen LogP) is 4.30. The molecule has 0 aromatic heterocycles. The van der Waals surface area contributed by atoms with Crippen molar-refractivity contribution in [1.82, 2.24) is 0 Å². The van der Waals surface area contributed by atoms with Crippen molar-refractivity contribution in [3.63, 3.8) is 0 Å². The molecular formula is C16H32O4. The monoisotopic (exact) mass is 288 g/mol. The van der Waals surface area contributed by atoms with Crippen molar-refractivity contribution in [1.29, 1.82) is 0 Å². The van der Waals surface area contributed by atoms with Crippen molar-refractivity contribution >= 4 is 6.16 Å². The Labute approximate surface area is 123 Å². The normalized spacial score (nSPS) is 13.8. The Bertz CT molecular complexity index is 229. The summed E-state index contributed by atoms with van der Waals surface area (Å²) in [4.78, 5) is 11.1. The minimum Gasteiger partial charge on any atom is -0.434 e. The van der Waals surface area contributed by atoms with E-state index in [1.54, 1.807) is 6.92 Å². The third-order valence-corrected chi connectivity index (χ3v) is 3.30. The van der Waals surface area contributed by atoms with E-state index >= 15 is 0 Å². The summed E-state index contributed by atoms with van der Waals surface area (Å²) in [5.41, 5.74) is 0. The smallest absolute Gasteiger partial charge is 0.434 e. The van der Waals surface area contributed by atoms with E-state index in [0.717, 1.165) is 18.8 Å². The van der Waals surface area contributed by atoms with Gasteiger partial charge in [0.15, 0.2) is 0 Å². The molecule has 0 fully saturated rings. The number of carbonyl (C=O) groups excluding carboxylic acids is 1. The van der Waals surface area contributed by atoms with E-state index in [1.807, 2.05) is 0 Å². The van der Waals surface area contributed by atoms with Gasteiger partial charge < -0.3 is 14.6 Å². The van der Waals surface area contributed by atoms with Crippen molar-refractivity contribution in [3.05, 3.63) is 0 Å². The molecule has 0 heterocycles. The van der Waals surface area contributed by atoms with Crippen molar-refractivity contribution in [2.45, 2.75) is 78.2 Å². The number of ether oxygens (including phenoxy) is 2. The quantitative estimate of drug-likeness (QED) is 0.430. The zero-order valence-electron chi connectivity index (χ0n) is 13.4. The minimum atomic E-state index is -0.682. The molecule has 0 aliphatic heterocycles. The molecule has 20 heavy (non-hydrogen) atoms. The van der Waals surface area contributed by atoms with Gasteiger partial charge in [-0.05, 0) is 25.7 Å². The Morgan fingerprint density at radius 3 is 2.25 bits per heavy atom. The highest BCUT2D eigenvalue weighted by atomic mass is 16.7. The summed E-state index contributed by atoms with van der Waals surface area (Å²) in [5, 5.41) is 8.94. The average Bonchev–Trinajstić information content (AvgIpc) is 2.41. The van der Waals surface area contributed by atoms with Gasteiger partial charge in [0.2, 0.25) is 0 Å². The van der Waals surface area contributed by atoms with E-state index in [9.17, 15) is 4.79 Å². The molecule has 0 saturated carbocycles. The summed E-state index contributed by atoms with van der Waals surface area (Å²) in [6.45, 7) is 6.49. The Hall–Kier alpha value is -0.770. The Morgan fingerprint density at radius 2 is 1.65 bits per heavy atom. The van der Waals surface area contributed by atoms with Crippen LogP contribution in [0.4, 0.5) is 4.79 Å². The highest BCUT2D eigenvalue weighted by Gasteiger charge is 2.06. The van der Waals surface area contributed by atoms with E-state index in [2.05, 4.69) is 13.8 Å². The Morgan fingerprint density at radius 1 is 1.00 bits per heavy atom. The molecule has 0 spiro atoms. The molecular weight excluding hydrogens is 256 g/mol. The van der Waals surface area contributed by atoms with Crippen molar-refractivity contribution in [2.75, 3.05) is 13.2 Å². The molecule has 0 aliphatic carbocycles. The van der Waals surface area contributed by atoms with Crippen LogP contribution in [0.15, 0.2) is 0 Å². The van der Waals surface area contributed by atoms with Crippen molar-refractivity contribution in [2.24, 2.45) is 5.92 Å². The maximum atomic E-state index is 11.1. The Balaban J connectivity index is 3.32. The predicted molar refractivity (Wildman–Crippen MR) is 80.8 cm³/mol. The molecule has 4 nitrogen and oxygen atoms in total. The number of carbonyl (C=O) groups is 1. The first-order valence-corrected chi connectivity index (χ1v) is 8.03. The van der Waals surface area contributed by atoms with Crippen LogP contribution >= 0.6 is 0 Å². The lowest BCUT2D eigenvalue weighted by Crippen LogP contribution is -2.16. The molecule has 0 amide bonds. The number of aliphatic hydroxyl groups is 1. The van der Waals surface area contributed by atoms with Gasteiger partial charge in [0.25, 0.3) is 0 Å². The molecule has 1 N–H and O–H groups in total. The zero-order chi connectivity index (χ0) is 15.2. The van der Waals surface area contributed by atoms with Crippen LogP contribution in [0.25, 0.3) is 0 Å². The van der Waals surface area contributed by atoms with Crippen LogP contribution in [0.3, 0.4) is 0 Å². The van der Waals surface area contributed by atoms with Crippen LogP contribution in [0.2, 0.25) is 0 Å². The fourth-order valence-electron chi connectivity index (χ4n) is 2.04. The van der Waals surface area contributed by atoms with E-state index in [0.29, 0.717) is 6.61 Å². The van der Waals surface area contributed by atoms with Gasteiger partial charge in [-0.25, -0.2) is 4.79 Å². The van der Waals surface area contributed by atoms with Gasteiger partial charge in [0.1, 0.15) is 6.61 Å². The highest BCUT2D eigenvalue weighted by molar-refractivity contribution is 5.59. The standard InChI is InChI=1S/C16H32O4/c1-4-5-6-7-10-14(2)11-8-9-12-19-16(18)20-13-15(3)17/h14-15,17H,4-13H2,1-3H3. The third kappa shape index (κ3) is 13.7. The number of aliphatic hydroxyl groups excluding tert-OH is 1. The first-order valence-electron chi connectivity index (χ1n) is 8.03. The molecule has 0 saturated heterocycles. The van der Waals surface area contributed by atoms with E-state index in [-0.39, 0.29) is 6.61 Å². The molecule has 2 unspecified atom stereocenters. The summed E-state index contributed by atoms with van der Waals surface area (Å²) in [6, 6.07) is 0. The number of hydrogen-bond donors (Lipinski definition) is 1. The maximum absolute atomic E-state index is 11.1. The first-order chi connectivity index (χ1) is 9.56. The van der Waals surface area contributed by atoms with Crippen molar-refractivity contribution in [3.8, 4) is 0 Å². The van der Waals surface area contributed by atoms with Gasteiger partial charge in [0.05, 0.1) is 12.7 Å². The van der Waals surface area contributed by atoms with E-state index in [1.165, 1.54) is 38.5 Å². The van der Waals surface area contributed by atoms with Crippen LogP contribution in [0.1, 0.15) is 72.1 Å². The molecule has 4 heteroatoms. The van der Waals surface area contributed by atoms with Crippen LogP contribution in [-0.2, 0) is 9.47 Å². The molecule has 2 atom stereocenters. The van der Waals surface area contributed by atoms with Gasteiger partial charge in [-0.15, -0.1) is 0 Å². The minimum absolute atomic E-state index is 0.00632. The fraction of sp³-hybridized carbons (Fsp3) is 0.938. The Kier molecular flexibility index (Phi) is 12.7. The first kappa shape index (κ1) is 19.2. The third-order valence-electron chi connectivity index (χ3n) is 3.30. The molecule has 0 aromatic carbocycles. The maximum Gasteiger partial charge on any atom is 0.508 e. The average molecular weight is 288 g/mol. The molecule has 0 aromatic rings. The number of rotatable bonds is 12. The topological polar surface area (TPSA) is 55.8 Å². The fourth-order valence-corrected chi connectivity index (χ4v) is 2.04. The molecule has 120 valence electrons. The number of unbranched alkanes of at least 4 members (excludes halogenated alkanes) is 4.